The van der Waals surface area contributed by atoms with Gasteiger partial charge in [0.05, 0.1) is 11.7 Å². The van der Waals surface area contributed by atoms with Crippen LogP contribution in [0.15, 0.2) is 27.2 Å². The number of nitrogens with zero attached hydrogens (tertiary/aromatic N) is 5. The summed E-state index contributed by atoms with van der Waals surface area (Å²) in [6, 6.07) is 2.35. The van der Waals surface area contributed by atoms with Crippen molar-refractivity contribution in [2.75, 3.05) is 18.9 Å². The maximum Gasteiger partial charge on any atom is 0.314 e. The average molecular weight is 604 g/mol. The number of carbonyl (C=O) groups excluding carboxylic acids is 3. The maximum absolute atomic E-state index is 13.3. The predicted molar refractivity (Wildman–Crippen MR) is 142 cm³/mol. The van der Waals surface area contributed by atoms with E-state index in [1.165, 1.54) is 17.5 Å². The topological polar surface area (TPSA) is 155 Å². The summed E-state index contributed by atoms with van der Waals surface area (Å²) in [7, 11) is 2.04. The molecule has 2 aliphatic rings. The largest absolute Gasteiger partial charge is 0.425 e. The Bertz CT molecular complexity index is 1340. The number of hydrogen-bond donors (Lipinski definition) is 3. The first-order valence-electron chi connectivity index (χ1n) is 12.3. The quantitative estimate of drug-likeness (QED) is 0.372. The highest BCUT2D eigenvalue weighted by Gasteiger charge is 2.37. The zero-order chi connectivity index (χ0) is 26.8. The summed E-state index contributed by atoms with van der Waals surface area (Å²) >= 11 is 4.67. The number of hydrogen-bond acceptors (Lipinski definition) is 10. The molecule has 0 radical (unpaired) electrons. The van der Waals surface area contributed by atoms with Gasteiger partial charge < -0.3 is 25.3 Å². The van der Waals surface area contributed by atoms with Gasteiger partial charge in [-0.1, -0.05) is 0 Å². The number of likely N-dealkylation sites (N-methyl/N-ethyl adjacent to an activating group) is 1. The lowest BCUT2D eigenvalue weighted by molar-refractivity contribution is -0.136. The van der Waals surface area contributed by atoms with Crippen molar-refractivity contribution in [3.63, 3.8) is 0 Å². The Labute approximate surface area is 231 Å². The molecule has 1 aliphatic carbocycles. The van der Waals surface area contributed by atoms with Crippen molar-refractivity contribution in [2.24, 2.45) is 0 Å². The second-order valence-electron chi connectivity index (χ2n) is 9.52. The molecule has 3 aromatic rings. The molecule has 3 aromatic heterocycles. The number of thiazole rings is 1. The lowest BCUT2D eigenvalue weighted by Crippen LogP contribution is -2.56. The number of fused-ring (bicyclic) bond motifs is 1. The second kappa shape index (κ2) is 11.3. The van der Waals surface area contributed by atoms with Crippen molar-refractivity contribution in [3.05, 3.63) is 50.2 Å². The molecule has 0 unspecified atom stereocenters. The highest BCUT2D eigenvalue weighted by molar-refractivity contribution is 9.10. The van der Waals surface area contributed by atoms with E-state index in [-0.39, 0.29) is 17.6 Å². The van der Waals surface area contributed by atoms with Crippen LogP contribution in [0, 0.1) is 6.92 Å². The third-order valence-electron chi connectivity index (χ3n) is 6.67. The van der Waals surface area contributed by atoms with E-state index in [4.69, 9.17) is 4.42 Å². The molecule has 3 amide bonds. The first kappa shape index (κ1) is 26.4. The zero-order valence-electron chi connectivity index (χ0n) is 20.9. The summed E-state index contributed by atoms with van der Waals surface area (Å²) in [5.74, 6) is -0.816. The fourth-order valence-corrected chi connectivity index (χ4v) is 6.04. The molecule has 14 heteroatoms. The standard InChI is InChI=1S/C24H27BrN8O4S/c1-12-31-32-23(37-12)13-3-5-15(27-20(34)21(35)30-19-6-4-14(25)10-26-19)17(9-13)28-22(36)24-29-16-7-8-33(2)11-18(16)38-24/h4,6,10,13,15,17H,3,5,7-9,11H2,1-2H3,(H,27,34)(H,28,36)(H,26,30,35)/t13-,15-,17+/m0/s1. The zero-order valence-corrected chi connectivity index (χ0v) is 23.3. The smallest absolute Gasteiger partial charge is 0.314 e. The highest BCUT2D eigenvalue weighted by atomic mass is 79.9. The van der Waals surface area contributed by atoms with Gasteiger partial charge in [-0.05, 0) is 54.4 Å². The molecular weight excluding hydrogens is 576 g/mol. The molecule has 0 spiro atoms. The van der Waals surface area contributed by atoms with Gasteiger partial charge in [0, 0.05) is 53.9 Å². The van der Waals surface area contributed by atoms with Gasteiger partial charge in [0.25, 0.3) is 5.91 Å². The molecule has 0 saturated heterocycles. The molecule has 0 aromatic carbocycles. The van der Waals surface area contributed by atoms with E-state index in [0.29, 0.717) is 36.1 Å². The van der Waals surface area contributed by atoms with Crippen molar-refractivity contribution in [1.82, 2.24) is 35.7 Å². The van der Waals surface area contributed by atoms with Crippen LogP contribution in [0.3, 0.4) is 0 Å². The molecule has 1 saturated carbocycles. The lowest BCUT2D eigenvalue weighted by Gasteiger charge is -2.35. The van der Waals surface area contributed by atoms with E-state index in [9.17, 15) is 14.4 Å². The van der Waals surface area contributed by atoms with Crippen LogP contribution in [0.25, 0.3) is 0 Å². The third kappa shape index (κ3) is 6.08. The number of aromatic nitrogens is 4. The van der Waals surface area contributed by atoms with Crippen molar-refractivity contribution in [3.8, 4) is 0 Å². The molecule has 38 heavy (non-hydrogen) atoms. The number of aryl methyl sites for hydroxylation is 1. The minimum atomic E-state index is -0.837. The number of anilines is 1. The summed E-state index contributed by atoms with van der Waals surface area (Å²) in [5.41, 5.74) is 0.962. The highest BCUT2D eigenvalue weighted by Crippen LogP contribution is 2.33. The van der Waals surface area contributed by atoms with Gasteiger partial charge in [-0.2, -0.15) is 0 Å². The number of carbonyl (C=O) groups is 3. The minimum Gasteiger partial charge on any atom is -0.425 e. The lowest BCUT2D eigenvalue weighted by atomic mass is 9.82. The van der Waals surface area contributed by atoms with Crippen LogP contribution < -0.4 is 16.0 Å². The molecule has 200 valence electrons. The Balaban J connectivity index is 1.29. The second-order valence-corrected chi connectivity index (χ2v) is 11.5. The first-order valence-corrected chi connectivity index (χ1v) is 13.9. The van der Waals surface area contributed by atoms with Crippen LogP contribution in [0.1, 0.15) is 57.3 Å². The summed E-state index contributed by atoms with van der Waals surface area (Å²) in [6.07, 6.45) is 3.94. The van der Waals surface area contributed by atoms with Crippen molar-refractivity contribution >= 4 is 50.8 Å². The van der Waals surface area contributed by atoms with Crippen LogP contribution in [-0.2, 0) is 22.6 Å². The number of nitrogens with one attached hydrogen (secondary N) is 3. The van der Waals surface area contributed by atoms with Crippen molar-refractivity contribution in [1.29, 1.82) is 0 Å². The molecule has 3 atom stereocenters. The molecule has 4 heterocycles. The maximum atomic E-state index is 13.3. The van der Waals surface area contributed by atoms with E-state index in [1.807, 2.05) is 7.05 Å². The molecule has 12 nitrogen and oxygen atoms in total. The van der Waals surface area contributed by atoms with E-state index >= 15 is 0 Å². The Morgan fingerprint density at radius 3 is 2.71 bits per heavy atom. The molecule has 1 fully saturated rings. The van der Waals surface area contributed by atoms with Gasteiger partial charge in [-0.25, -0.2) is 9.97 Å². The van der Waals surface area contributed by atoms with Crippen LogP contribution in [0.2, 0.25) is 0 Å². The molecule has 0 bridgehead atoms. The summed E-state index contributed by atoms with van der Waals surface area (Å²) in [6.45, 7) is 3.39. The van der Waals surface area contributed by atoms with E-state index in [0.717, 1.165) is 34.6 Å². The molecule has 5 rings (SSSR count). The van der Waals surface area contributed by atoms with Crippen molar-refractivity contribution < 1.29 is 18.8 Å². The Kier molecular flexibility index (Phi) is 7.81. The SMILES string of the molecule is Cc1nnc([C@H]2CC[C@H](NC(=O)C(=O)Nc3ccc(Br)cn3)[C@H](NC(=O)c3nc4c(s3)CN(C)CC4)C2)o1. The van der Waals surface area contributed by atoms with Gasteiger partial charge >= 0.3 is 11.8 Å². The molecule has 3 N–H and O–H groups in total. The van der Waals surface area contributed by atoms with Crippen LogP contribution in [0.5, 0.6) is 0 Å². The van der Waals surface area contributed by atoms with Crippen LogP contribution >= 0.6 is 27.3 Å². The van der Waals surface area contributed by atoms with E-state index < -0.39 is 23.9 Å². The molecular formula is C24H27BrN8O4S. The van der Waals surface area contributed by atoms with Crippen LogP contribution in [0.4, 0.5) is 5.82 Å². The van der Waals surface area contributed by atoms with Gasteiger partial charge in [0.15, 0.2) is 5.01 Å². The van der Waals surface area contributed by atoms with Gasteiger partial charge in [-0.3, -0.25) is 14.4 Å². The third-order valence-corrected chi connectivity index (χ3v) is 8.22. The molecule has 1 aliphatic heterocycles. The van der Waals surface area contributed by atoms with E-state index in [1.54, 1.807) is 19.1 Å². The van der Waals surface area contributed by atoms with Gasteiger partial charge in [0.2, 0.25) is 11.8 Å². The van der Waals surface area contributed by atoms with Gasteiger partial charge in [-0.15, -0.1) is 21.5 Å². The average Bonchev–Trinajstić information content (AvgIpc) is 3.52. The number of halogens is 1. The van der Waals surface area contributed by atoms with Crippen LogP contribution in [-0.4, -0.2) is 68.5 Å². The fourth-order valence-electron chi connectivity index (χ4n) is 4.71. The number of rotatable bonds is 5. The van der Waals surface area contributed by atoms with Crippen molar-refractivity contribution in [2.45, 2.75) is 57.2 Å². The predicted octanol–water partition coefficient (Wildman–Crippen LogP) is 2.17. The number of amides is 3. The summed E-state index contributed by atoms with van der Waals surface area (Å²) in [4.78, 5) is 50.5. The first-order chi connectivity index (χ1) is 18.2. The monoisotopic (exact) mass is 602 g/mol. The fraction of sp³-hybridized carbons (Fsp3) is 0.458. The number of pyridine rings is 1. The summed E-state index contributed by atoms with van der Waals surface area (Å²) in [5, 5.41) is 16.8. The van der Waals surface area contributed by atoms with E-state index in [2.05, 4.69) is 56.9 Å². The normalized spacial score (nSPS) is 21.4. The Hall–Kier alpha value is -3.23. The minimum absolute atomic E-state index is 0.0893. The summed E-state index contributed by atoms with van der Waals surface area (Å²) < 4.78 is 6.39. The Morgan fingerprint density at radius 2 is 1.97 bits per heavy atom. The van der Waals surface area contributed by atoms with Gasteiger partial charge in [0.1, 0.15) is 5.82 Å². The Morgan fingerprint density at radius 1 is 1.13 bits per heavy atom.